The van der Waals surface area contributed by atoms with Gasteiger partial charge in [0.1, 0.15) is 17.1 Å². The number of pyridine rings is 1. The Morgan fingerprint density at radius 2 is 1.94 bits per heavy atom. The molecule has 3 N–H and O–H groups in total. The van der Waals surface area contributed by atoms with Crippen molar-refractivity contribution < 1.29 is 27.1 Å². The first-order valence-electron chi connectivity index (χ1n) is 4.05. The third-order valence-corrected chi connectivity index (χ3v) is 1.80. The average molecular weight is 242 g/mol. The predicted molar refractivity (Wildman–Crippen MR) is 43.8 cm³/mol. The number of alkyl halides is 5. The van der Waals surface area contributed by atoms with Crippen molar-refractivity contribution in [3.63, 3.8) is 0 Å². The number of halogens is 5. The van der Waals surface area contributed by atoms with E-state index in [0.29, 0.717) is 6.07 Å². The Morgan fingerprint density at radius 1 is 1.38 bits per heavy atom. The first-order chi connectivity index (χ1) is 7.27. The fraction of sp³-hybridized carbons (Fsp3) is 0.375. The Labute approximate surface area is 86.7 Å². The normalized spacial score (nSPS) is 12.2. The van der Waals surface area contributed by atoms with Crippen LogP contribution in [0.15, 0.2) is 6.07 Å². The molecule has 0 spiro atoms. The smallest absolute Gasteiger partial charge is 0.433 e. The van der Waals surface area contributed by atoms with E-state index in [4.69, 9.17) is 10.8 Å². The first kappa shape index (κ1) is 12.6. The molecule has 0 aliphatic rings. The van der Waals surface area contributed by atoms with Crippen LogP contribution < -0.4 is 5.73 Å². The van der Waals surface area contributed by atoms with Gasteiger partial charge in [0.05, 0.1) is 0 Å². The van der Waals surface area contributed by atoms with Crippen molar-refractivity contribution in [3.05, 3.63) is 23.0 Å². The topological polar surface area (TPSA) is 59.1 Å². The number of hydrogen-bond acceptors (Lipinski definition) is 3. The van der Waals surface area contributed by atoms with Gasteiger partial charge in [0, 0.05) is 12.1 Å². The molecule has 0 amide bonds. The van der Waals surface area contributed by atoms with Crippen LogP contribution in [-0.4, -0.2) is 10.1 Å². The quantitative estimate of drug-likeness (QED) is 0.781. The van der Waals surface area contributed by atoms with Gasteiger partial charge in [-0.25, -0.2) is 13.8 Å². The molecule has 0 bridgehead atoms. The van der Waals surface area contributed by atoms with E-state index in [0.717, 1.165) is 0 Å². The summed E-state index contributed by atoms with van der Waals surface area (Å²) in [5, 5.41) is 9.02. The first-order valence-corrected chi connectivity index (χ1v) is 4.05. The number of rotatable bonds is 2. The van der Waals surface area contributed by atoms with E-state index in [1.165, 1.54) is 0 Å². The Balaban J connectivity index is 3.41. The molecular weight excluding hydrogens is 235 g/mol. The van der Waals surface area contributed by atoms with Gasteiger partial charge < -0.3 is 10.8 Å². The van der Waals surface area contributed by atoms with E-state index in [1.807, 2.05) is 0 Å². The zero-order valence-corrected chi connectivity index (χ0v) is 7.72. The molecule has 0 unspecified atom stereocenters. The van der Waals surface area contributed by atoms with Crippen LogP contribution in [-0.2, 0) is 12.7 Å². The van der Waals surface area contributed by atoms with E-state index < -0.39 is 41.8 Å². The van der Waals surface area contributed by atoms with Gasteiger partial charge >= 0.3 is 6.18 Å². The zero-order chi connectivity index (χ0) is 12.5. The van der Waals surface area contributed by atoms with Crippen molar-refractivity contribution >= 4 is 0 Å². The van der Waals surface area contributed by atoms with Crippen molar-refractivity contribution in [2.75, 3.05) is 0 Å². The van der Waals surface area contributed by atoms with Crippen molar-refractivity contribution in [2.24, 2.45) is 5.73 Å². The molecule has 0 atom stereocenters. The zero-order valence-electron chi connectivity index (χ0n) is 7.72. The molecule has 0 fully saturated rings. The van der Waals surface area contributed by atoms with Gasteiger partial charge in [-0.2, -0.15) is 13.2 Å². The van der Waals surface area contributed by atoms with Gasteiger partial charge in [-0.05, 0) is 6.07 Å². The largest absolute Gasteiger partial charge is 0.506 e. The molecule has 8 heteroatoms. The summed E-state index contributed by atoms with van der Waals surface area (Å²) in [5.41, 5.74) is 1.67. The lowest BCUT2D eigenvalue weighted by molar-refractivity contribution is -0.142. The highest BCUT2D eigenvalue weighted by atomic mass is 19.4. The molecule has 3 nitrogen and oxygen atoms in total. The standard InChI is InChI=1S/C8H7F5N2O/c9-7(10)5-4(16)1-3(2-14)6(15-5)8(11,12)13/h1,7,16H,2,14H2. The van der Waals surface area contributed by atoms with Gasteiger partial charge in [-0.3, -0.25) is 0 Å². The second kappa shape index (κ2) is 4.20. The molecule has 0 aliphatic carbocycles. The number of nitrogens with two attached hydrogens (primary N) is 1. The fourth-order valence-corrected chi connectivity index (χ4v) is 1.12. The Bertz CT molecular complexity index is 391. The van der Waals surface area contributed by atoms with Crippen LogP contribution in [0.25, 0.3) is 0 Å². The molecule has 0 aromatic carbocycles. The number of nitrogens with zero attached hydrogens (tertiary/aromatic N) is 1. The maximum absolute atomic E-state index is 12.4. The Kier molecular flexibility index (Phi) is 3.32. The van der Waals surface area contributed by atoms with Crippen LogP contribution in [0.3, 0.4) is 0 Å². The number of aromatic nitrogens is 1. The van der Waals surface area contributed by atoms with Gasteiger partial charge in [0.15, 0.2) is 0 Å². The van der Waals surface area contributed by atoms with Crippen LogP contribution in [0.4, 0.5) is 22.0 Å². The lowest BCUT2D eigenvalue weighted by atomic mass is 10.1. The molecule has 90 valence electrons. The van der Waals surface area contributed by atoms with Crippen LogP contribution >= 0.6 is 0 Å². The van der Waals surface area contributed by atoms with E-state index in [2.05, 4.69) is 4.98 Å². The highest BCUT2D eigenvalue weighted by molar-refractivity contribution is 5.36. The van der Waals surface area contributed by atoms with Crippen molar-refractivity contribution in [1.29, 1.82) is 0 Å². The van der Waals surface area contributed by atoms with Gasteiger partial charge in [-0.15, -0.1) is 0 Å². The minimum absolute atomic E-state index is 0.533. The molecule has 16 heavy (non-hydrogen) atoms. The van der Waals surface area contributed by atoms with E-state index in [1.54, 1.807) is 0 Å². The van der Waals surface area contributed by atoms with Gasteiger partial charge in [0.25, 0.3) is 6.43 Å². The highest BCUT2D eigenvalue weighted by Crippen LogP contribution is 2.35. The summed E-state index contributed by atoms with van der Waals surface area (Å²) in [4.78, 5) is 2.71. The van der Waals surface area contributed by atoms with E-state index >= 15 is 0 Å². The Morgan fingerprint density at radius 3 is 2.31 bits per heavy atom. The van der Waals surface area contributed by atoms with Gasteiger partial charge in [0.2, 0.25) is 0 Å². The maximum Gasteiger partial charge on any atom is 0.433 e. The summed E-state index contributed by atoms with van der Waals surface area (Å²) in [6.07, 6.45) is -8.17. The van der Waals surface area contributed by atoms with Crippen LogP contribution in [0, 0.1) is 0 Å². The number of hydrogen-bond donors (Lipinski definition) is 2. The maximum atomic E-state index is 12.4. The monoisotopic (exact) mass is 242 g/mol. The summed E-state index contributed by atoms with van der Waals surface area (Å²) in [7, 11) is 0. The summed E-state index contributed by atoms with van der Waals surface area (Å²) in [6.45, 7) is -0.557. The average Bonchev–Trinajstić information content (AvgIpc) is 2.14. The third kappa shape index (κ3) is 2.38. The summed E-state index contributed by atoms with van der Waals surface area (Å²) in [5.74, 6) is -0.997. The second-order valence-electron chi connectivity index (χ2n) is 2.90. The van der Waals surface area contributed by atoms with Crippen molar-refractivity contribution in [2.45, 2.75) is 19.1 Å². The van der Waals surface area contributed by atoms with Crippen LogP contribution in [0.1, 0.15) is 23.4 Å². The highest BCUT2D eigenvalue weighted by Gasteiger charge is 2.36. The molecule has 1 aromatic heterocycles. The molecule has 1 heterocycles. The second-order valence-corrected chi connectivity index (χ2v) is 2.90. The predicted octanol–water partition coefficient (Wildman–Crippen LogP) is 2.20. The number of aromatic hydroxyl groups is 1. The van der Waals surface area contributed by atoms with E-state index in [-0.39, 0.29) is 0 Å². The van der Waals surface area contributed by atoms with Crippen molar-refractivity contribution in [1.82, 2.24) is 4.98 Å². The molecular formula is C8H7F5N2O. The minimum Gasteiger partial charge on any atom is -0.506 e. The SMILES string of the molecule is NCc1cc(O)c(C(F)F)nc1C(F)(F)F. The molecule has 0 saturated carbocycles. The Hall–Kier alpha value is -1.44. The lowest BCUT2D eigenvalue weighted by Gasteiger charge is -2.13. The molecule has 0 radical (unpaired) electrons. The molecule has 1 aromatic rings. The summed E-state index contributed by atoms with van der Waals surface area (Å²) < 4.78 is 61.5. The summed E-state index contributed by atoms with van der Waals surface area (Å²) in [6, 6.07) is 0.553. The van der Waals surface area contributed by atoms with Crippen molar-refractivity contribution in [3.8, 4) is 5.75 Å². The van der Waals surface area contributed by atoms with E-state index in [9.17, 15) is 22.0 Å². The van der Waals surface area contributed by atoms with Crippen LogP contribution in [0.5, 0.6) is 5.75 Å². The molecule has 0 aliphatic heterocycles. The van der Waals surface area contributed by atoms with Crippen LogP contribution in [0.2, 0.25) is 0 Å². The lowest BCUT2D eigenvalue weighted by Crippen LogP contribution is -2.16. The fourth-order valence-electron chi connectivity index (χ4n) is 1.12. The van der Waals surface area contributed by atoms with Gasteiger partial charge in [-0.1, -0.05) is 0 Å². The summed E-state index contributed by atoms with van der Waals surface area (Å²) >= 11 is 0. The minimum atomic E-state index is -4.88. The molecule has 0 saturated heterocycles. The third-order valence-electron chi connectivity index (χ3n) is 1.80. The molecule has 1 rings (SSSR count).